The molecule has 0 unspecified atom stereocenters. The van der Waals surface area contributed by atoms with E-state index in [-0.39, 0.29) is 23.7 Å². The van der Waals surface area contributed by atoms with Gasteiger partial charge in [0.05, 0.1) is 35.4 Å². The van der Waals surface area contributed by atoms with Crippen LogP contribution in [0.5, 0.6) is 0 Å². The Morgan fingerprint density at radius 3 is 2.57 bits per heavy atom. The van der Waals surface area contributed by atoms with Gasteiger partial charge in [0, 0.05) is 60.8 Å². The van der Waals surface area contributed by atoms with Crippen LogP contribution in [0.4, 0.5) is 4.39 Å². The molecule has 4 aromatic rings. The van der Waals surface area contributed by atoms with Crippen molar-refractivity contribution in [2.24, 2.45) is 5.92 Å². The molecule has 1 N–H and O–H groups in total. The predicted octanol–water partition coefficient (Wildman–Crippen LogP) is 3.26. The van der Waals surface area contributed by atoms with Crippen LogP contribution in [0.25, 0.3) is 27.8 Å². The zero-order valence-corrected chi connectivity index (χ0v) is 19.1. The van der Waals surface area contributed by atoms with Gasteiger partial charge in [-0.3, -0.25) is 9.48 Å². The number of fused-ring (bicyclic) bond motifs is 1. The first kappa shape index (κ1) is 21.5. The molecule has 0 bridgehead atoms. The van der Waals surface area contributed by atoms with Gasteiger partial charge >= 0.3 is 0 Å². The minimum atomic E-state index is -0.355. The summed E-state index contributed by atoms with van der Waals surface area (Å²) < 4.78 is 18.3. The molecule has 0 spiro atoms. The summed E-state index contributed by atoms with van der Waals surface area (Å²) in [7, 11) is 0. The number of carbonyl (C=O) groups excluding carboxylic acids is 1. The third kappa shape index (κ3) is 3.76. The van der Waals surface area contributed by atoms with Gasteiger partial charge in [-0.25, -0.2) is 8.91 Å². The zero-order valence-electron chi connectivity index (χ0n) is 19.1. The lowest BCUT2D eigenvalue weighted by atomic mass is 9.98. The van der Waals surface area contributed by atoms with Crippen LogP contribution in [0.15, 0.2) is 55.1 Å². The van der Waals surface area contributed by atoms with Crippen LogP contribution in [-0.4, -0.2) is 56.4 Å². The Kier molecular flexibility index (Phi) is 5.30. The molecule has 2 fully saturated rings. The Hall–Kier alpha value is -4.03. The summed E-state index contributed by atoms with van der Waals surface area (Å²) in [6.45, 7) is 3.05. The third-order valence-electron chi connectivity index (χ3n) is 7.11. The predicted molar refractivity (Wildman–Crippen MR) is 128 cm³/mol. The van der Waals surface area contributed by atoms with E-state index in [1.54, 1.807) is 28.9 Å². The van der Waals surface area contributed by atoms with Crippen molar-refractivity contribution in [3.63, 3.8) is 0 Å². The number of aromatic nitrogens is 4. The van der Waals surface area contributed by atoms with Crippen molar-refractivity contribution in [1.29, 1.82) is 5.26 Å². The van der Waals surface area contributed by atoms with E-state index >= 15 is 0 Å². The molecule has 1 amide bonds. The van der Waals surface area contributed by atoms with Crippen LogP contribution in [0.2, 0.25) is 0 Å². The lowest BCUT2D eigenvalue weighted by Gasteiger charge is -2.37. The second kappa shape index (κ2) is 8.64. The van der Waals surface area contributed by atoms with Gasteiger partial charge in [-0.2, -0.15) is 15.5 Å². The first-order valence-corrected chi connectivity index (χ1v) is 11.8. The van der Waals surface area contributed by atoms with Crippen LogP contribution in [0, 0.1) is 23.1 Å². The fraction of sp³-hybridized carbons (Fsp3) is 0.308. The number of benzene rings is 1. The Balaban J connectivity index is 1.29. The Morgan fingerprint density at radius 2 is 1.86 bits per heavy atom. The largest absolute Gasteiger partial charge is 0.342 e. The van der Waals surface area contributed by atoms with E-state index in [0.29, 0.717) is 22.2 Å². The number of halogens is 1. The maximum Gasteiger partial charge on any atom is 0.228 e. The van der Waals surface area contributed by atoms with E-state index in [1.807, 2.05) is 28.0 Å². The summed E-state index contributed by atoms with van der Waals surface area (Å²) in [5.74, 6) is 0.0323. The Morgan fingerprint density at radius 1 is 1.06 bits per heavy atom. The van der Waals surface area contributed by atoms with E-state index in [2.05, 4.69) is 21.6 Å². The van der Waals surface area contributed by atoms with Gasteiger partial charge in [0.25, 0.3) is 0 Å². The van der Waals surface area contributed by atoms with Gasteiger partial charge in [0.15, 0.2) is 0 Å². The molecule has 35 heavy (non-hydrogen) atoms. The van der Waals surface area contributed by atoms with Gasteiger partial charge in [-0.05, 0) is 25.0 Å². The summed E-state index contributed by atoms with van der Waals surface area (Å²) in [6.07, 6.45) is 8.86. The summed E-state index contributed by atoms with van der Waals surface area (Å²) in [4.78, 5) is 14.5. The first-order valence-electron chi connectivity index (χ1n) is 11.8. The molecular weight excluding hydrogens is 445 g/mol. The van der Waals surface area contributed by atoms with Crippen molar-refractivity contribution in [3.05, 3.63) is 66.5 Å². The van der Waals surface area contributed by atoms with Crippen LogP contribution < -0.4 is 5.32 Å². The molecule has 0 radical (unpaired) electrons. The van der Waals surface area contributed by atoms with Crippen LogP contribution in [0.1, 0.15) is 24.4 Å². The van der Waals surface area contributed by atoms with Crippen LogP contribution >= 0.6 is 0 Å². The summed E-state index contributed by atoms with van der Waals surface area (Å²) in [5.41, 5.74) is 3.72. The number of likely N-dealkylation sites (tertiary alicyclic amines) is 1. The van der Waals surface area contributed by atoms with E-state index in [9.17, 15) is 14.4 Å². The number of amides is 1. The zero-order chi connectivity index (χ0) is 23.9. The normalized spacial score (nSPS) is 16.9. The minimum Gasteiger partial charge on any atom is -0.342 e. The molecule has 2 aliphatic heterocycles. The molecule has 0 aliphatic carbocycles. The summed E-state index contributed by atoms with van der Waals surface area (Å²) in [5, 5.41) is 21.7. The molecule has 3 aromatic heterocycles. The number of nitriles is 1. The number of nitrogens with one attached hydrogen (secondary N) is 1. The van der Waals surface area contributed by atoms with Gasteiger partial charge in [0.1, 0.15) is 11.9 Å². The number of pyridine rings is 1. The maximum atomic E-state index is 14.7. The van der Waals surface area contributed by atoms with Crippen LogP contribution in [0.3, 0.4) is 0 Å². The summed E-state index contributed by atoms with van der Waals surface area (Å²) in [6, 6.07) is 10.8. The van der Waals surface area contributed by atoms with E-state index < -0.39 is 0 Å². The highest BCUT2D eigenvalue weighted by molar-refractivity contribution is 5.87. The number of hydrogen-bond acceptors (Lipinski definition) is 5. The molecule has 0 saturated carbocycles. The van der Waals surface area contributed by atoms with Crippen molar-refractivity contribution < 1.29 is 9.18 Å². The second-order valence-corrected chi connectivity index (χ2v) is 9.21. The highest BCUT2D eigenvalue weighted by Crippen LogP contribution is 2.34. The molecule has 8 nitrogen and oxygen atoms in total. The molecular formula is C26H24FN7O. The van der Waals surface area contributed by atoms with Crippen molar-refractivity contribution in [2.45, 2.75) is 18.9 Å². The number of rotatable bonds is 4. The maximum absolute atomic E-state index is 14.7. The quantitative estimate of drug-likeness (QED) is 0.496. The number of carbonyl (C=O) groups is 1. The molecule has 6 rings (SSSR count). The number of nitrogens with zero attached hydrogens (tertiary/aromatic N) is 6. The highest BCUT2D eigenvalue weighted by atomic mass is 19.1. The van der Waals surface area contributed by atoms with Gasteiger partial charge in [0.2, 0.25) is 5.91 Å². The fourth-order valence-corrected chi connectivity index (χ4v) is 5.01. The Bertz CT molecular complexity index is 1450. The van der Waals surface area contributed by atoms with E-state index in [1.165, 1.54) is 12.3 Å². The Labute approximate surface area is 201 Å². The van der Waals surface area contributed by atoms with Crippen molar-refractivity contribution in [3.8, 4) is 28.3 Å². The van der Waals surface area contributed by atoms with Crippen LogP contribution in [-0.2, 0) is 4.79 Å². The second-order valence-electron chi connectivity index (χ2n) is 9.21. The number of hydrogen-bond donors (Lipinski definition) is 1. The SMILES string of the molecule is N#Cc1cnn2cc(-c3cnn(C4CCN(C(=O)C5CNC5)CC4)c3)cc(-c3ccccc3F)c12. The van der Waals surface area contributed by atoms with Crippen molar-refractivity contribution in [1.82, 2.24) is 29.6 Å². The van der Waals surface area contributed by atoms with E-state index in [0.717, 1.165) is 50.1 Å². The number of piperidine rings is 1. The molecule has 0 atom stereocenters. The van der Waals surface area contributed by atoms with E-state index in [4.69, 9.17) is 0 Å². The molecule has 1 aromatic carbocycles. The lowest BCUT2D eigenvalue weighted by molar-refractivity contribution is -0.138. The van der Waals surface area contributed by atoms with Gasteiger partial charge < -0.3 is 10.2 Å². The molecule has 2 saturated heterocycles. The topological polar surface area (TPSA) is 91.2 Å². The monoisotopic (exact) mass is 469 g/mol. The average Bonchev–Trinajstić information content (AvgIpc) is 3.50. The summed E-state index contributed by atoms with van der Waals surface area (Å²) >= 11 is 0. The standard InChI is InChI=1S/C26H24FN7O/c27-24-4-2-1-3-22(24)23-9-17(15-34-25(23)18(10-28)13-31-34)20-14-30-33(16-20)21-5-7-32(8-6-21)26(35)19-11-29-12-19/h1-4,9,13-16,19,21,29H,5-8,11-12H2. The minimum absolute atomic E-state index is 0.130. The van der Waals surface area contributed by atoms with Crippen molar-refractivity contribution >= 4 is 11.4 Å². The lowest BCUT2D eigenvalue weighted by Crippen LogP contribution is -2.53. The third-order valence-corrected chi connectivity index (χ3v) is 7.11. The molecule has 2 aliphatic rings. The van der Waals surface area contributed by atoms with Gasteiger partial charge in [-0.1, -0.05) is 18.2 Å². The van der Waals surface area contributed by atoms with Gasteiger partial charge in [-0.15, -0.1) is 0 Å². The highest BCUT2D eigenvalue weighted by Gasteiger charge is 2.32. The average molecular weight is 470 g/mol. The molecule has 5 heterocycles. The van der Waals surface area contributed by atoms with Crippen molar-refractivity contribution in [2.75, 3.05) is 26.2 Å². The fourth-order valence-electron chi connectivity index (χ4n) is 5.01. The smallest absolute Gasteiger partial charge is 0.228 e. The molecule has 176 valence electrons. The first-order chi connectivity index (χ1) is 17.1. The molecule has 9 heteroatoms.